The van der Waals surface area contributed by atoms with E-state index in [0.717, 1.165) is 19.5 Å². The Hall–Kier alpha value is -0.870. The molecule has 0 amide bonds. The molecule has 0 aromatic carbocycles. The van der Waals surface area contributed by atoms with Crippen LogP contribution >= 0.6 is 0 Å². The minimum atomic E-state index is 0.0959. The van der Waals surface area contributed by atoms with E-state index in [4.69, 9.17) is 5.73 Å². The molecule has 88 valence electrons. The lowest BCUT2D eigenvalue weighted by molar-refractivity contribution is 0.346. The average molecular weight is 220 g/mol. The molecule has 3 rings (SSSR count). The van der Waals surface area contributed by atoms with Gasteiger partial charge in [-0.25, -0.2) is 0 Å². The van der Waals surface area contributed by atoms with Crippen molar-refractivity contribution in [2.45, 2.75) is 43.7 Å². The number of aromatic nitrogens is 2. The molecule has 1 aliphatic heterocycles. The van der Waals surface area contributed by atoms with E-state index in [0.29, 0.717) is 6.04 Å². The fourth-order valence-corrected chi connectivity index (χ4v) is 2.47. The summed E-state index contributed by atoms with van der Waals surface area (Å²) in [5, 5.41) is 7.89. The second-order valence-electron chi connectivity index (χ2n) is 5.37. The van der Waals surface area contributed by atoms with Gasteiger partial charge >= 0.3 is 0 Å². The van der Waals surface area contributed by atoms with E-state index in [-0.39, 0.29) is 5.54 Å². The van der Waals surface area contributed by atoms with Gasteiger partial charge in [0, 0.05) is 18.3 Å². The monoisotopic (exact) mass is 220 g/mol. The highest BCUT2D eigenvalue weighted by atomic mass is 15.3. The predicted octanol–water partition coefficient (Wildman–Crippen LogP) is 0.841. The van der Waals surface area contributed by atoms with Gasteiger partial charge in [0.05, 0.1) is 12.2 Å². The molecule has 0 bridgehead atoms. The molecule has 1 atom stereocenters. The molecule has 0 spiro atoms. The number of rotatable bonds is 3. The number of hydrogen-bond donors (Lipinski definition) is 2. The summed E-state index contributed by atoms with van der Waals surface area (Å²) in [6.07, 6.45) is 9.99. The van der Waals surface area contributed by atoms with Crippen molar-refractivity contribution in [1.29, 1.82) is 0 Å². The van der Waals surface area contributed by atoms with Gasteiger partial charge in [-0.3, -0.25) is 4.68 Å². The SMILES string of the molecule is NC1(Cc2cnn(C3CCCNC3)c2)CC1. The van der Waals surface area contributed by atoms with Gasteiger partial charge in [-0.05, 0) is 44.2 Å². The lowest BCUT2D eigenvalue weighted by Gasteiger charge is -2.22. The van der Waals surface area contributed by atoms with Crippen molar-refractivity contribution >= 4 is 0 Å². The molecule has 1 aromatic heterocycles. The van der Waals surface area contributed by atoms with E-state index in [2.05, 4.69) is 21.3 Å². The molecule has 0 radical (unpaired) electrons. The third-order valence-electron chi connectivity index (χ3n) is 3.75. The lowest BCUT2D eigenvalue weighted by Crippen LogP contribution is -2.31. The van der Waals surface area contributed by atoms with Crippen LogP contribution in [-0.4, -0.2) is 28.4 Å². The molecule has 1 aliphatic carbocycles. The molecule has 2 heterocycles. The summed E-state index contributed by atoms with van der Waals surface area (Å²) in [6, 6.07) is 0.537. The van der Waals surface area contributed by atoms with E-state index in [1.165, 1.54) is 31.2 Å². The Morgan fingerprint density at radius 1 is 1.56 bits per heavy atom. The van der Waals surface area contributed by atoms with Gasteiger partial charge in [-0.1, -0.05) is 0 Å². The van der Waals surface area contributed by atoms with E-state index in [9.17, 15) is 0 Å². The Labute approximate surface area is 96.2 Å². The molecule has 1 saturated carbocycles. The minimum absolute atomic E-state index is 0.0959. The molecular formula is C12H20N4. The Bertz CT molecular complexity index is 361. The number of nitrogens with one attached hydrogen (secondary N) is 1. The summed E-state index contributed by atoms with van der Waals surface area (Å²) in [6.45, 7) is 2.20. The third-order valence-corrected chi connectivity index (χ3v) is 3.75. The third kappa shape index (κ3) is 2.13. The van der Waals surface area contributed by atoms with E-state index < -0.39 is 0 Å². The van der Waals surface area contributed by atoms with Crippen molar-refractivity contribution in [2.24, 2.45) is 5.73 Å². The highest BCUT2D eigenvalue weighted by Crippen LogP contribution is 2.35. The minimum Gasteiger partial charge on any atom is -0.325 e. The highest BCUT2D eigenvalue weighted by molar-refractivity contribution is 5.15. The average Bonchev–Trinajstić information content (AvgIpc) is 2.86. The van der Waals surface area contributed by atoms with Gasteiger partial charge in [-0.15, -0.1) is 0 Å². The standard InChI is InChI=1S/C12H20N4/c13-12(3-4-12)6-10-7-15-16(9-10)11-2-1-5-14-8-11/h7,9,11,14H,1-6,8,13H2. The Morgan fingerprint density at radius 2 is 2.44 bits per heavy atom. The summed E-state index contributed by atoms with van der Waals surface area (Å²) in [7, 11) is 0. The predicted molar refractivity (Wildman–Crippen MR) is 63.2 cm³/mol. The van der Waals surface area contributed by atoms with Crippen LogP contribution in [0.25, 0.3) is 0 Å². The van der Waals surface area contributed by atoms with Gasteiger partial charge in [0.15, 0.2) is 0 Å². The summed E-state index contributed by atoms with van der Waals surface area (Å²) in [4.78, 5) is 0. The second kappa shape index (κ2) is 3.86. The zero-order valence-electron chi connectivity index (χ0n) is 9.65. The normalized spacial score (nSPS) is 27.9. The van der Waals surface area contributed by atoms with Gasteiger partial charge < -0.3 is 11.1 Å². The Balaban J connectivity index is 1.66. The Kier molecular flexibility index (Phi) is 2.48. The second-order valence-corrected chi connectivity index (χ2v) is 5.37. The molecule has 16 heavy (non-hydrogen) atoms. The summed E-state index contributed by atoms with van der Waals surface area (Å²) in [5.41, 5.74) is 7.51. The topological polar surface area (TPSA) is 55.9 Å². The van der Waals surface area contributed by atoms with Gasteiger partial charge in [0.1, 0.15) is 0 Å². The smallest absolute Gasteiger partial charge is 0.0644 e. The van der Waals surface area contributed by atoms with Gasteiger partial charge in [0.25, 0.3) is 0 Å². The van der Waals surface area contributed by atoms with Crippen LogP contribution in [0.4, 0.5) is 0 Å². The van der Waals surface area contributed by atoms with Crippen LogP contribution < -0.4 is 11.1 Å². The van der Waals surface area contributed by atoms with E-state index in [1.54, 1.807) is 0 Å². The summed E-state index contributed by atoms with van der Waals surface area (Å²) in [5.74, 6) is 0. The number of nitrogens with two attached hydrogens (primary N) is 1. The van der Waals surface area contributed by atoms with Gasteiger partial charge in [0.2, 0.25) is 0 Å². The molecule has 2 aliphatic rings. The van der Waals surface area contributed by atoms with Crippen LogP contribution in [0.2, 0.25) is 0 Å². The number of piperidine rings is 1. The first kappa shape index (κ1) is 10.3. The summed E-state index contributed by atoms with van der Waals surface area (Å²) < 4.78 is 2.12. The van der Waals surface area contributed by atoms with Crippen molar-refractivity contribution in [3.05, 3.63) is 18.0 Å². The molecule has 4 nitrogen and oxygen atoms in total. The van der Waals surface area contributed by atoms with Crippen molar-refractivity contribution in [3.63, 3.8) is 0 Å². The maximum atomic E-state index is 6.12. The number of hydrogen-bond acceptors (Lipinski definition) is 3. The molecule has 2 fully saturated rings. The van der Waals surface area contributed by atoms with Crippen molar-refractivity contribution < 1.29 is 0 Å². The highest BCUT2D eigenvalue weighted by Gasteiger charge is 2.38. The lowest BCUT2D eigenvalue weighted by atomic mass is 10.1. The largest absolute Gasteiger partial charge is 0.325 e. The first-order valence-corrected chi connectivity index (χ1v) is 6.28. The van der Waals surface area contributed by atoms with Gasteiger partial charge in [-0.2, -0.15) is 5.10 Å². The molecular weight excluding hydrogens is 200 g/mol. The molecule has 1 aromatic rings. The molecule has 3 N–H and O–H groups in total. The first-order valence-electron chi connectivity index (χ1n) is 6.28. The molecule has 1 saturated heterocycles. The maximum absolute atomic E-state index is 6.12. The first-order chi connectivity index (χ1) is 7.75. The quantitative estimate of drug-likeness (QED) is 0.793. The van der Waals surface area contributed by atoms with Crippen LogP contribution in [0, 0.1) is 0 Å². The molecule has 4 heteroatoms. The van der Waals surface area contributed by atoms with Crippen molar-refractivity contribution in [3.8, 4) is 0 Å². The van der Waals surface area contributed by atoms with Crippen LogP contribution in [0.3, 0.4) is 0 Å². The van der Waals surface area contributed by atoms with Crippen LogP contribution in [0.15, 0.2) is 12.4 Å². The Morgan fingerprint density at radius 3 is 3.12 bits per heavy atom. The zero-order valence-corrected chi connectivity index (χ0v) is 9.65. The maximum Gasteiger partial charge on any atom is 0.0644 e. The summed E-state index contributed by atoms with van der Waals surface area (Å²) >= 11 is 0. The fourth-order valence-electron chi connectivity index (χ4n) is 2.47. The van der Waals surface area contributed by atoms with Crippen LogP contribution in [0.1, 0.15) is 37.3 Å². The van der Waals surface area contributed by atoms with Crippen LogP contribution in [-0.2, 0) is 6.42 Å². The fraction of sp³-hybridized carbons (Fsp3) is 0.750. The van der Waals surface area contributed by atoms with Crippen molar-refractivity contribution in [1.82, 2.24) is 15.1 Å². The van der Waals surface area contributed by atoms with Crippen LogP contribution in [0.5, 0.6) is 0 Å². The van der Waals surface area contributed by atoms with E-state index in [1.807, 2.05) is 6.20 Å². The number of nitrogens with zero attached hydrogens (tertiary/aromatic N) is 2. The molecule has 1 unspecified atom stereocenters. The van der Waals surface area contributed by atoms with E-state index >= 15 is 0 Å². The van der Waals surface area contributed by atoms with Crippen molar-refractivity contribution in [2.75, 3.05) is 13.1 Å². The zero-order chi connectivity index (χ0) is 11.0.